The number of amides is 3. The number of imide groups is 1. The predicted molar refractivity (Wildman–Crippen MR) is 173 cm³/mol. The van der Waals surface area contributed by atoms with Crippen LogP contribution in [-0.2, 0) is 14.4 Å². The Morgan fingerprint density at radius 3 is 2.48 bits per heavy atom. The summed E-state index contributed by atoms with van der Waals surface area (Å²) in [4.78, 5) is 60.7. The van der Waals surface area contributed by atoms with Gasteiger partial charge in [-0.25, -0.2) is 0 Å². The van der Waals surface area contributed by atoms with E-state index in [-0.39, 0.29) is 64.0 Å². The molecule has 0 radical (unpaired) electrons. The molecule has 7 atom stereocenters. The predicted octanol–water partition coefficient (Wildman–Crippen LogP) is 5.92. The minimum Gasteiger partial charge on any atom is -0.483 e. The van der Waals surface area contributed by atoms with Crippen molar-refractivity contribution in [2.45, 2.75) is 41.9 Å². The number of likely N-dealkylation sites (tertiary alicyclic amines) is 1. The van der Waals surface area contributed by atoms with Gasteiger partial charge in [-0.3, -0.25) is 24.1 Å². The van der Waals surface area contributed by atoms with Crippen LogP contribution < -0.4 is 14.5 Å². The number of thiazole rings is 1. The lowest BCUT2D eigenvalue weighted by Crippen LogP contribution is -2.43. The number of aromatic amines is 1. The molecule has 2 aromatic carbocycles. The zero-order valence-electron chi connectivity index (χ0n) is 23.5. The number of H-pyrrole nitrogens is 1. The molecule has 4 fully saturated rings. The Labute approximate surface area is 275 Å². The topological polar surface area (TPSA) is 99.8 Å². The second-order valence-corrected chi connectivity index (χ2v) is 15.9. The van der Waals surface area contributed by atoms with Crippen molar-refractivity contribution in [1.29, 1.82) is 0 Å². The number of rotatable bonds is 5. The molecule has 2 bridgehead atoms. The van der Waals surface area contributed by atoms with Gasteiger partial charge >= 0.3 is 4.87 Å². The Morgan fingerprint density at radius 1 is 1.00 bits per heavy atom. The highest BCUT2D eigenvalue weighted by atomic mass is 79.9. The molecule has 0 spiro atoms. The first kappa shape index (κ1) is 28.8. The number of nitrogens with zero attached hydrogens (tertiary/aromatic N) is 2. The van der Waals surface area contributed by atoms with E-state index < -0.39 is 5.92 Å². The zero-order valence-corrected chi connectivity index (χ0v) is 27.5. The van der Waals surface area contributed by atoms with Crippen LogP contribution >= 0.6 is 50.6 Å². The highest BCUT2D eigenvalue weighted by molar-refractivity contribution is 9.10. The number of aromatic nitrogens is 1. The van der Waals surface area contributed by atoms with E-state index in [1.165, 1.54) is 16.2 Å². The van der Waals surface area contributed by atoms with Gasteiger partial charge in [0, 0.05) is 44.2 Å². The summed E-state index contributed by atoms with van der Waals surface area (Å²) < 4.78 is 7.12. The van der Waals surface area contributed by atoms with Crippen LogP contribution in [0.15, 0.2) is 56.8 Å². The number of carbonyl (C=O) groups excluding carboxylic acids is 3. The highest BCUT2D eigenvalue weighted by Crippen LogP contribution is 2.69. The molecule has 44 heavy (non-hydrogen) atoms. The number of hydrogen-bond acceptors (Lipinski definition) is 7. The Balaban J connectivity index is 1.16. The minimum absolute atomic E-state index is 0.000169. The smallest absolute Gasteiger partial charge is 0.305 e. The molecule has 8 rings (SSSR count). The third-order valence-electron chi connectivity index (χ3n) is 10.2. The minimum atomic E-state index is -0.415. The van der Waals surface area contributed by atoms with Crippen LogP contribution in [0.4, 0.5) is 5.69 Å². The van der Waals surface area contributed by atoms with Crippen LogP contribution in [0.25, 0.3) is 0 Å². The van der Waals surface area contributed by atoms with Crippen molar-refractivity contribution in [1.82, 2.24) is 9.88 Å². The van der Waals surface area contributed by atoms with Crippen LogP contribution in [0.2, 0.25) is 5.02 Å². The molecule has 3 aromatic rings. The molecular formula is C32H29BrClN3O5S2. The Kier molecular flexibility index (Phi) is 7.23. The van der Waals surface area contributed by atoms with Crippen LogP contribution in [0, 0.1) is 29.6 Å². The normalized spacial score (nSPS) is 30.4. The fourth-order valence-electron chi connectivity index (χ4n) is 8.48. The number of ether oxygens (including phenoxy) is 1. The van der Waals surface area contributed by atoms with Crippen LogP contribution in [0.5, 0.6) is 5.75 Å². The first-order valence-corrected chi connectivity index (χ1v) is 17.9. The van der Waals surface area contributed by atoms with Gasteiger partial charge in [-0.1, -0.05) is 38.9 Å². The third kappa shape index (κ3) is 4.52. The Hall–Kier alpha value is -2.60. The summed E-state index contributed by atoms with van der Waals surface area (Å²) >= 11 is 12.9. The summed E-state index contributed by atoms with van der Waals surface area (Å²) in [5.74, 6) is -0.858. The fourth-order valence-corrected chi connectivity index (χ4v) is 11.8. The van der Waals surface area contributed by atoms with Gasteiger partial charge in [-0.15, -0.1) is 11.8 Å². The summed E-state index contributed by atoms with van der Waals surface area (Å²) in [6.45, 7) is 1.41. The lowest BCUT2D eigenvalue weighted by atomic mass is 9.68. The summed E-state index contributed by atoms with van der Waals surface area (Å²) in [5, 5.41) is 1.38. The summed E-state index contributed by atoms with van der Waals surface area (Å²) in [6.07, 6.45) is 3.92. The van der Waals surface area contributed by atoms with Crippen molar-refractivity contribution in [2.24, 2.45) is 29.6 Å². The molecule has 228 valence electrons. The van der Waals surface area contributed by atoms with E-state index in [4.69, 9.17) is 16.3 Å². The molecule has 8 nitrogen and oxygen atoms in total. The van der Waals surface area contributed by atoms with E-state index in [1.54, 1.807) is 30.0 Å². The second-order valence-electron chi connectivity index (χ2n) is 12.4. The molecule has 0 unspecified atom stereocenters. The van der Waals surface area contributed by atoms with Gasteiger partial charge in [-0.2, -0.15) is 0 Å². The molecule has 1 N–H and O–H groups in total. The number of anilines is 1. The monoisotopic (exact) mass is 713 g/mol. The number of hydrogen-bond donors (Lipinski definition) is 1. The van der Waals surface area contributed by atoms with Gasteiger partial charge in [0.25, 0.3) is 5.91 Å². The molecule has 2 saturated carbocycles. The number of halogens is 2. The summed E-state index contributed by atoms with van der Waals surface area (Å²) in [6, 6.07) is 12.7. The third-order valence-corrected chi connectivity index (χ3v) is 13.5. The van der Waals surface area contributed by atoms with Crippen molar-refractivity contribution in [3.8, 4) is 5.75 Å². The van der Waals surface area contributed by atoms with Gasteiger partial charge in [0.05, 0.1) is 22.5 Å². The van der Waals surface area contributed by atoms with Crippen molar-refractivity contribution < 1.29 is 19.1 Å². The number of thioether (sulfide) groups is 1. The van der Waals surface area contributed by atoms with E-state index in [1.807, 2.05) is 29.2 Å². The van der Waals surface area contributed by atoms with Crippen LogP contribution in [0.3, 0.4) is 0 Å². The van der Waals surface area contributed by atoms with Crippen molar-refractivity contribution in [2.75, 3.05) is 24.6 Å². The number of benzene rings is 2. The molecule has 3 amide bonds. The number of piperidine rings is 1. The van der Waals surface area contributed by atoms with E-state index in [0.717, 1.165) is 58.7 Å². The van der Waals surface area contributed by atoms with E-state index in [2.05, 4.69) is 20.9 Å². The number of fused-ring (bicyclic) bond motifs is 9. The molecule has 12 heteroatoms. The largest absolute Gasteiger partial charge is 0.483 e. The standard InChI is InChI=1S/C32H29BrClN3O5S2/c33-15-4-7-17(8-5-15)37-30(39)25-19-13-20(26(25)31(37)40)27-24(19)23(28-29(43-27)35-32(41)44-28)18-12-16(34)6-9-21(18)42-14-22(38)36-10-2-1-3-11-36/h4-9,12,19-20,23-27H,1-3,10-11,13-14H2,(H,35,41)/t19-,20-,23+,24-,25+,26+,27-/m1/s1. The lowest BCUT2D eigenvalue weighted by molar-refractivity contribution is -0.134. The first-order chi connectivity index (χ1) is 21.3. The molecule has 3 aliphatic heterocycles. The summed E-state index contributed by atoms with van der Waals surface area (Å²) in [7, 11) is 0. The fraction of sp³-hybridized carbons (Fsp3) is 0.438. The van der Waals surface area contributed by atoms with Gasteiger partial charge < -0.3 is 14.6 Å². The molecule has 2 saturated heterocycles. The molecule has 4 heterocycles. The van der Waals surface area contributed by atoms with Gasteiger partial charge in [0.1, 0.15) is 5.75 Å². The second kappa shape index (κ2) is 11.0. The van der Waals surface area contributed by atoms with Gasteiger partial charge in [0.2, 0.25) is 11.8 Å². The summed E-state index contributed by atoms with van der Waals surface area (Å²) in [5.41, 5.74) is 1.41. The first-order valence-electron chi connectivity index (χ1n) is 15.0. The maximum atomic E-state index is 14.0. The molecule has 1 aromatic heterocycles. The van der Waals surface area contributed by atoms with Crippen LogP contribution in [-0.4, -0.2) is 52.6 Å². The van der Waals surface area contributed by atoms with Crippen molar-refractivity contribution in [3.05, 3.63) is 72.1 Å². The van der Waals surface area contributed by atoms with Crippen LogP contribution in [0.1, 0.15) is 42.0 Å². The van der Waals surface area contributed by atoms with Crippen molar-refractivity contribution >= 4 is 74.0 Å². The average Bonchev–Trinajstić information content (AvgIpc) is 3.76. The zero-order chi connectivity index (χ0) is 30.3. The Morgan fingerprint density at radius 2 is 1.73 bits per heavy atom. The SMILES string of the molecule is O=C(COc1ccc(Cl)cc1[C@@H]1c2sc(=O)[nH]c2S[C@@H]2[C@@H]3C[C@@H]([C@@H]4C(=O)N(c5ccc(Br)cc5)C(=O)[C@@H]34)[C@H]12)N1CCCCC1. The quantitative estimate of drug-likeness (QED) is 0.330. The lowest BCUT2D eigenvalue weighted by Gasteiger charge is -2.43. The van der Waals surface area contributed by atoms with Gasteiger partial charge in [0.15, 0.2) is 6.61 Å². The van der Waals surface area contributed by atoms with E-state index in [0.29, 0.717) is 16.5 Å². The number of nitrogens with one attached hydrogen (secondary N) is 1. The van der Waals surface area contributed by atoms with Crippen molar-refractivity contribution in [3.63, 3.8) is 0 Å². The van der Waals surface area contributed by atoms with E-state index >= 15 is 0 Å². The molecular weight excluding hydrogens is 686 g/mol. The molecule has 2 aliphatic carbocycles. The molecule has 5 aliphatic rings. The van der Waals surface area contributed by atoms with E-state index in [9.17, 15) is 19.2 Å². The number of carbonyl (C=O) groups is 3. The maximum absolute atomic E-state index is 14.0. The maximum Gasteiger partial charge on any atom is 0.305 e. The van der Waals surface area contributed by atoms with Gasteiger partial charge in [-0.05, 0) is 85.9 Å². The average molecular weight is 715 g/mol. The highest BCUT2D eigenvalue weighted by Gasteiger charge is 2.69. The Bertz CT molecular complexity index is 1740.